The fraction of sp³-hybridized carbons (Fsp3) is 0.231. The largest absolute Gasteiger partial charge is 0.493 e. The van der Waals surface area contributed by atoms with E-state index in [2.05, 4.69) is 10.6 Å². The highest BCUT2D eigenvalue weighted by atomic mass is 35.5. The minimum Gasteiger partial charge on any atom is -0.493 e. The van der Waals surface area contributed by atoms with Gasteiger partial charge in [-0.15, -0.1) is 0 Å². The molecule has 184 valence electrons. The molecular weight excluding hydrogens is 472 g/mol. The second kappa shape index (κ2) is 12.1. The molecular formula is C26H27ClN2O6. The first-order chi connectivity index (χ1) is 16.9. The topological polar surface area (TPSA) is 95.1 Å². The smallest absolute Gasteiger partial charge is 0.319 e. The molecule has 0 radical (unpaired) electrons. The number of anilines is 1. The molecule has 0 saturated heterocycles. The van der Waals surface area contributed by atoms with E-state index >= 15 is 0 Å². The minimum atomic E-state index is -0.461. The second-order valence-electron chi connectivity index (χ2n) is 7.37. The molecule has 2 N–H and O–H groups in total. The molecule has 35 heavy (non-hydrogen) atoms. The Bertz CT molecular complexity index is 1190. The Morgan fingerprint density at radius 3 is 2.23 bits per heavy atom. The Labute approximate surface area is 209 Å². The lowest BCUT2D eigenvalue weighted by molar-refractivity contribution is -0.139. The third-order valence-electron chi connectivity index (χ3n) is 5.33. The van der Waals surface area contributed by atoms with E-state index in [1.807, 2.05) is 30.3 Å². The van der Waals surface area contributed by atoms with E-state index in [9.17, 15) is 9.59 Å². The average Bonchev–Trinajstić information content (AvgIpc) is 2.89. The monoisotopic (exact) mass is 498 g/mol. The maximum Gasteiger partial charge on any atom is 0.319 e. The molecule has 1 atom stereocenters. The molecule has 0 heterocycles. The molecule has 3 rings (SSSR count). The van der Waals surface area contributed by atoms with Crippen molar-refractivity contribution in [3.63, 3.8) is 0 Å². The molecule has 3 aromatic carbocycles. The summed E-state index contributed by atoms with van der Waals surface area (Å²) in [7, 11) is 5.74. The van der Waals surface area contributed by atoms with Crippen LogP contribution in [0.4, 0.5) is 5.69 Å². The van der Waals surface area contributed by atoms with Crippen molar-refractivity contribution >= 4 is 29.2 Å². The zero-order chi connectivity index (χ0) is 25.4. The number of halogens is 1. The fourth-order valence-electron chi connectivity index (χ4n) is 3.67. The molecule has 0 aromatic heterocycles. The van der Waals surface area contributed by atoms with Gasteiger partial charge < -0.3 is 24.3 Å². The van der Waals surface area contributed by atoms with Gasteiger partial charge in [0.2, 0.25) is 5.75 Å². The van der Waals surface area contributed by atoms with Gasteiger partial charge in [-0.2, -0.15) is 0 Å². The molecule has 0 unspecified atom stereocenters. The van der Waals surface area contributed by atoms with E-state index in [-0.39, 0.29) is 17.9 Å². The predicted molar refractivity (Wildman–Crippen MR) is 134 cm³/mol. The van der Waals surface area contributed by atoms with E-state index in [0.29, 0.717) is 27.8 Å². The lowest BCUT2D eigenvalue weighted by Gasteiger charge is -2.23. The molecule has 0 bridgehead atoms. The van der Waals surface area contributed by atoms with Crippen LogP contribution < -0.4 is 24.8 Å². The minimum absolute atomic E-state index is 0.0422. The molecule has 0 fully saturated rings. The number of carbonyl (C=O) groups excluding carboxylic acids is 2. The van der Waals surface area contributed by atoms with Crippen molar-refractivity contribution in [2.75, 3.05) is 40.3 Å². The number of carbonyl (C=O) groups is 2. The Morgan fingerprint density at radius 2 is 1.60 bits per heavy atom. The van der Waals surface area contributed by atoms with Gasteiger partial charge >= 0.3 is 5.97 Å². The van der Waals surface area contributed by atoms with E-state index in [1.54, 1.807) is 30.3 Å². The van der Waals surface area contributed by atoms with E-state index < -0.39 is 17.9 Å². The van der Waals surface area contributed by atoms with E-state index in [0.717, 1.165) is 5.56 Å². The van der Waals surface area contributed by atoms with E-state index in [4.69, 9.17) is 30.5 Å². The highest BCUT2D eigenvalue weighted by Crippen LogP contribution is 2.40. The zero-order valence-electron chi connectivity index (χ0n) is 19.9. The van der Waals surface area contributed by atoms with Gasteiger partial charge in [0.1, 0.15) is 0 Å². The molecule has 0 aliphatic carbocycles. The molecule has 1 amide bonds. The summed E-state index contributed by atoms with van der Waals surface area (Å²) in [6.45, 7) is -0.0422. The van der Waals surface area contributed by atoms with Crippen LogP contribution in [0.1, 0.15) is 27.5 Å². The molecule has 0 aliphatic heterocycles. The van der Waals surface area contributed by atoms with Crippen LogP contribution in [0, 0.1) is 0 Å². The van der Waals surface area contributed by atoms with Gasteiger partial charge in [0.05, 0.1) is 46.6 Å². The number of ether oxygens (including phenoxy) is 4. The van der Waals surface area contributed by atoms with Crippen molar-refractivity contribution in [2.45, 2.75) is 6.04 Å². The van der Waals surface area contributed by atoms with Crippen molar-refractivity contribution in [2.24, 2.45) is 0 Å². The first-order valence-corrected chi connectivity index (χ1v) is 11.1. The summed E-state index contributed by atoms with van der Waals surface area (Å²) in [6.07, 6.45) is 0. The third kappa shape index (κ3) is 6.03. The first kappa shape index (κ1) is 25.9. The standard InChI is InChI=1S/C26H27ClN2O6/c1-32-21-13-11-18(24(34-3)25(21)35-4)26(31)29-20-12-10-17(27)14-19(20)23(28-15-22(30)33-2)16-8-6-5-7-9-16/h5-14,23,28H,15H2,1-4H3,(H,29,31)/t23-/m1/s1. The second-order valence-corrected chi connectivity index (χ2v) is 7.80. The normalized spacial score (nSPS) is 11.3. The summed E-state index contributed by atoms with van der Waals surface area (Å²) in [5, 5.41) is 6.61. The number of nitrogens with one attached hydrogen (secondary N) is 2. The highest BCUT2D eigenvalue weighted by Gasteiger charge is 2.24. The van der Waals surface area contributed by atoms with Gasteiger partial charge in [0, 0.05) is 10.7 Å². The lowest BCUT2D eigenvalue weighted by atomic mass is 9.96. The van der Waals surface area contributed by atoms with Crippen molar-refractivity contribution in [1.29, 1.82) is 0 Å². The van der Waals surface area contributed by atoms with Gasteiger partial charge in [-0.05, 0) is 41.5 Å². The lowest BCUT2D eigenvalue weighted by Crippen LogP contribution is -2.30. The van der Waals surface area contributed by atoms with Crippen LogP contribution in [0.3, 0.4) is 0 Å². The maximum atomic E-state index is 13.4. The van der Waals surface area contributed by atoms with Crippen molar-refractivity contribution in [3.8, 4) is 17.2 Å². The number of esters is 1. The molecule has 8 nitrogen and oxygen atoms in total. The number of rotatable bonds is 10. The summed E-state index contributed by atoms with van der Waals surface area (Å²) >= 11 is 6.33. The van der Waals surface area contributed by atoms with Crippen molar-refractivity contribution < 1.29 is 28.5 Å². The predicted octanol–water partition coefficient (Wildman–Crippen LogP) is 4.47. The molecule has 0 saturated carbocycles. The van der Waals surface area contributed by atoms with Crippen LogP contribution in [0.5, 0.6) is 17.2 Å². The van der Waals surface area contributed by atoms with Crippen LogP contribution >= 0.6 is 11.6 Å². The SMILES string of the molecule is COC(=O)CN[C@H](c1ccccc1)c1cc(Cl)ccc1NC(=O)c1ccc(OC)c(OC)c1OC. The molecule has 0 aliphatic rings. The summed E-state index contributed by atoms with van der Waals surface area (Å²) in [6, 6.07) is 17.4. The third-order valence-corrected chi connectivity index (χ3v) is 5.57. The number of methoxy groups -OCH3 is 4. The van der Waals surface area contributed by atoms with Crippen LogP contribution in [0.25, 0.3) is 0 Å². The fourth-order valence-corrected chi connectivity index (χ4v) is 3.85. The Morgan fingerprint density at radius 1 is 0.886 bits per heavy atom. The average molecular weight is 499 g/mol. The molecule has 3 aromatic rings. The van der Waals surface area contributed by atoms with Crippen LogP contribution in [0.15, 0.2) is 60.7 Å². The quantitative estimate of drug-likeness (QED) is 0.398. The number of amides is 1. The number of hydrogen-bond acceptors (Lipinski definition) is 7. The Hall–Kier alpha value is -3.75. The van der Waals surface area contributed by atoms with Gasteiger partial charge in [-0.3, -0.25) is 14.9 Å². The van der Waals surface area contributed by atoms with Gasteiger partial charge in [0.15, 0.2) is 11.5 Å². The van der Waals surface area contributed by atoms with Crippen LogP contribution in [0.2, 0.25) is 5.02 Å². The summed E-state index contributed by atoms with van der Waals surface area (Å²) in [5.74, 6) is 0.133. The Kier molecular flexibility index (Phi) is 8.94. The van der Waals surface area contributed by atoms with Gasteiger partial charge in [-0.1, -0.05) is 41.9 Å². The van der Waals surface area contributed by atoms with Crippen LogP contribution in [-0.2, 0) is 9.53 Å². The summed E-state index contributed by atoms with van der Waals surface area (Å²) in [5.41, 5.74) is 2.30. The highest BCUT2D eigenvalue weighted by molar-refractivity contribution is 6.30. The Balaban J connectivity index is 2.03. The number of benzene rings is 3. The molecule has 0 spiro atoms. The summed E-state index contributed by atoms with van der Waals surface area (Å²) in [4.78, 5) is 25.2. The zero-order valence-corrected chi connectivity index (χ0v) is 20.6. The number of hydrogen-bond donors (Lipinski definition) is 2. The van der Waals surface area contributed by atoms with Crippen LogP contribution in [-0.4, -0.2) is 46.9 Å². The van der Waals surface area contributed by atoms with Gasteiger partial charge in [-0.25, -0.2) is 0 Å². The van der Waals surface area contributed by atoms with Gasteiger partial charge in [0.25, 0.3) is 5.91 Å². The maximum absolute atomic E-state index is 13.4. The summed E-state index contributed by atoms with van der Waals surface area (Å²) < 4.78 is 20.9. The first-order valence-electron chi connectivity index (χ1n) is 10.7. The van der Waals surface area contributed by atoms with Crippen molar-refractivity contribution in [1.82, 2.24) is 5.32 Å². The molecule has 9 heteroatoms. The van der Waals surface area contributed by atoms with Crippen molar-refractivity contribution in [3.05, 3.63) is 82.4 Å². The van der Waals surface area contributed by atoms with E-state index in [1.165, 1.54) is 28.4 Å².